The number of nitrogens with one attached hydrogen (secondary N) is 1. The maximum absolute atomic E-state index is 12.1. The lowest BCUT2D eigenvalue weighted by atomic mass is 9.43. The van der Waals surface area contributed by atoms with Gasteiger partial charge in [-0.2, -0.15) is 0 Å². The third kappa shape index (κ3) is 4.29. The molecule has 4 aliphatic rings. The molecule has 4 rings (SSSR count). The number of hydrogen-bond acceptors (Lipinski definition) is 2. The summed E-state index contributed by atoms with van der Waals surface area (Å²) in [6.45, 7) is 14.1. The Morgan fingerprint density at radius 1 is 0.938 bits per heavy atom. The molecule has 0 spiro atoms. The van der Waals surface area contributed by atoms with Gasteiger partial charge in [0, 0.05) is 13.0 Å². The molecule has 4 saturated carbocycles. The van der Waals surface area contributed by atoms with Gasteiger partial charge in [0.05, 0.1) is 6.10 Å². The van der Waals surface area contributed by atoms with Gasteiger partial charge in [-0.15, -0.1) is 0 Å². The molecule has 2 N–H and O–H groups in total. The molecule has 0 aromatic carbocycles. The van der Waals surface area contributed by atoms with E-state index in [0.29, 0.717) is 11.3 Å². The first-order chi connectivity index (χ1) is 15.1. The van der Waals surface area contributed by atoms with E-state index in [1.165, 1.54) is 44.9 Å². The summed E-state index contributed by atoms with van der Waals surface area (Å²) in [7, 11) is 0. The van der Waals surface area contributed by atoms with E-state index in [-0.39, 0.29) is 23.5 Å². The Morgan fingerprint density at radius 2 is 1.62 bits per heavy atom. The van der Waals surface area contributed by atoms with E-state index in [9.17, 15) is 9.90 Å². The van der Waals surface area contributed by atoms with Gasteiger partial charge >= 0.3 is 0 Å². The summed E-state index contributed by atoms with van der Waals surface area (Å²) >= 11 is 0. The van der Waals surface area contributed by atoms with Crippen molar-refractivity contribution >= 4 is 5.91 Å². The van der Waals surface area contributed by atoms with E-state index >= 15 is 0 Å². The van der Waals surface area contributed by atoms with Crippen LogP contribution in [0.4, 0.5) is 0 Å². The van der Waals surface area contributed by atoms with Gasteiger partial charge in [0.2, 0.25) is 5.91 Å². The molecular weight excluding hydrogens is 394 g/mol. The SMILES string of the molecule is CC(=O)N[C@H]1C[C@@H]2[C@H](CC[C@]3(C)C([C@H](C)CCCC(C)C)CC[C@@H]23)[C@@]2(C)CC[C@H](O)C[C@H]12. The Kier molecular flexibility index (Phi) is 7.08. The quantitative estimate of drug-likeness (QED) is 0.485. The summed E-state index contributed by atoms with van der Waals surface area (Å²) in [5.74, 6) is 5.42. The Labute approximate surface area is 197 Å². The van der Waals surface area contributed by atoms with Crippen LogP contribution in [0.15, 0.2) is 0 Å². The molecule has 4 aliphatic carbocycles. The lowest BCUT2D eigenvalue weighted by molar-refractivity contribution is -0.146. The van der Waals surface area contributed by atoms with Gasteiger partial charge < -0.3 is 10.4 Å². The highest BCUT2D eigenvalue weighted by molar-refractivity contribution is 5.73. The zero-order valence-corrected chi connectivity index (χ0v) is 21.8. The van der Waals surface area contributed by atoms with Gasteiger partial charge in [-0.25, -0.2) is 0 Å². The first-order valence-electron chi connectivity index (χ1n) is 14.0. The summed E-state index contributed by atoms with van der Waals surface area (Å²) in [4.78, 5) is 12.1. The van der Waals surface area contributed by atoms with Gasteiger partial charge in [0.25, 0.3) is 0 Å². The van der Waals surface area contributed by atoms with Crippen molar-refractivity contribution < 1.29 is 9.90 Å². The molecule has 3 heteroatoms. The summed E-state index contributed by atoms with van der Waals surface area (Å²) in [6.07, 6.45) is 13.6. The zero-order chi connectivity index (χ0) is 23.3. The molecule has 4 fully saturated rings. The number of fused-ring (bicyclic) bond motifs is 5. The summed E-state index contributed by atoms with van der Waals surface area (Å²) in [5.41, 5.74) is 0.758. The van der Waals surface area contributed by atoms with Crippen molar-refractivity contribution in [3.63, 3.8) is 0 Å². The first-order valence-corrected chi connectivity index (χ1v) is 14.0. The van der Waals surface area contributed by atoms with Gasteiger partial charge in [0.1, 0.15) is 0 Å². The van der Waals surface area contributed by atoms with Crippen molar-refractivity contribution in [2.75, 3.05) is 0 Å². The predicted molar refractivity (Wildman–Crippen MR) is 132 cm³/mol. The molecule has 0 saturated heterocycles. The minimum Gasteiger partial charge on any atom is -0.393 e. The number of rotatable bonds is 6. The van der Waals surface area contributed by atoms with E-state index in [0.717, 1.165) is 61.2 Å². The van der Waals surface area contributed by atoms with Crippen molar-refractivity contribution in [2.45, 2.75) is 124 Å². The van der Waals surface area contributed by atoms with Crippen LogP contribution in [-0.4, -0.2) is 23.2 Å². The maximum Gasteiger partial charge on any atom is 0.217 e. The molecule has 1 unspecified atom stereocenters. The predicted octanol–water partition coefficient (Wildman–Crippen LogP) is 6.58. The monoisotopic (exact) mass is 445 g/mol. The van der Waals surface area contributed by atoms with Crippen molar-refractivity contribution in [2.24, 2.45) is 52.3 Å². The van der Waals surface area contributed by atoms with Crippen LogP contribution in [0.1, 0.15) is 112 Å². The normalized spacial score (nSPS) is 46.8. The second kappa shape index (κ2) is 9.23. The Bertz CT molecular complexity index is 676. The van der Waals surface area contributed by atoms with Crippen LogP contribution in [-0.2, 0) is 4.79 Å². The van der Waals surface area contributed by atoms with Gasteiger partial charge in [-0.1, -0.05) is 53.9 Å². The van der Waals surface area contributed by atoms with Crippen molar-refractivity contribution in [3.05, 3.63) is 0 Å². The van der Waals surface area contributed by atoms with E-state index in [1.807, 2.05) is 0 Å². The van der Waals surface area contributed by atoms with E-state index in [2.05, 4.69) is 39.9 Å². The van der Waals surface area contributed by atoms with E-state index in [4.69, 9.17) is 0 Å². The number of amides is 1. The summed E-state index contributed by atoms with van der Waals surface area (Å²) < 4.78 is 0. The molecule has 0 aliphatic heterocycles. The Balaban J connectivity index is 1.55. The molecule has 0 bridgehead atoms. The highest BCUT2D eigenvalue weighted by atomic mass is 16.3. The fourth-order valence-corrected chi connectivity index (χ4v) is 9.77. The topological polar surface area (TPSA) is 49.3 Å². The average Bonchev–Trinajstić information content (AvgIpc) is 3.06. The molecule has 10 atom stereocenters. The maximum atomic E-state index is 12.1. The lowest BCUT2D eigenvalue weighted by Gasteiger charge is -2.63. The van der Waals surface area contributed by atoms with Crippen molar-refractivity contribution in [1.82, 2.24) is 5.32 Å². The highest BCUT2D eigenvalue weighted by Crippen LogP contribution is 2.68. The standard InChI is InChI=1S/C29H51NO2/c1-18(2)8-7-9-19(3)23-10-11-24-22-17-27(30-20(4)31)26-16-21(32)12-14-29(26,6)25(22)13-15-28(23,24)5/h18-19,21-27,32H,7-17H2,1-6H3,(H,30,31)/t19-,21+,22+,23?,24+,25+,26-,27+,28-,29-/m1/s1. The fourth-order valence-electron chi connectivity index (χ4n) is 9.77. The zero-order valence-electron chi connectivity index (χ0n) is 21.8. The average molecular weight is 446 g/mol. The van der Waals surface area contributed by atoms with Crippen LogP contribution in [0.2, 0.25) is 0 Å². The second-order valence-electron chi connectivity index (χ2n) is 13.5. The first kappa shape index (κ1) is 24.6. The number of aliphatic hydroxyl groups excluding tert-OH is 1. The van der Waals surface area contributed by atoms with Crippen LogP contribution in [0.25, 0.3) is 0 Å². The van der Waals surface area contributed by atoms with E-state index < -0.39 is 0 Å². The van der Waals surface area contributed by atoms with Crippen molar-refractivity contribution in [1.29, 1.82) is 0 Å². The number of hydrogen-bond donors (Lipinski definition) is 2. The number of aliphatic hydroxyl groups is 1. The largest absolute Gasteiger partial charge is 0.393 e. The van der Waals surface area contributed by atoms with Gasteiger partial charge in [0.15, 0.2) is 0 Å². The van der Waals surface area contributed by atoms with Crippen molar-refractivity contribution in [3.8, 4) is 0 Å². The molecule has 0 radical (unpaired) electrons. The van der Waals surface area contributed by atoms with Crippen LogP contribution < -0.4 is 5.32 Å². The van der Waals surface area contributed by atoms with E-state index in [1.54, 1.807) is 6.92 Å². The number of carbonyl (C=O) groups is 1. The second-order valence-corrected chi connectivity index (χ2v) is 13.5. The molecule has 184 valence electrons. The molecule has 0 aromatic rings. The van der Waals surface area contributed by atoms with Crippen LogP contribution in [0.3, 0.4) is 0 Å². The minimum atomic E-state index is -0.183. The van der Waals surface area contributed by atoms with Crippen LogP contribution >= 0.6 is 0 Å². The lowest BCUT2D eigenvalue weighted by Crippen LogP contribution is -2.61. The Morgan fingerprint density at radius 3 is 2.31 bits per heavy atom. The minimum absolute atomic E-state index is 0.109. The third-order valence-corrected chi connectivity index (χ3v) is 11.3. The molecule has 32 heavy (non-hydrogen) atoms. The van der Waals surface area contributed by atoms with Crippen LogP contribution in [0, 0.1) is 52.3 Å². The fraction of sp³-hybridized carbons (Fsp3) is 0.966. The molecule has 0 heterocycles. The van der Waals surface area contributed by atoms with Crippen LogP contribution in [0.5, 0.6) is 0 Å². The molecule has 0 aromatic heterocycles. The smallest absolute Gasteiger partial charge is 0.217 e. The molecule has 3 nitrogen and oxygen atoms in total. The molecule has 1 amide bonds. The Hall–Kier alpha value is -0.570. The summed E-state index contributed by atoms with van der Waals surface area (Å²) in [6, 6.07) is 0.249. The molecular formula is C29H51NO2. The van der Waals surface area contributed by atoms with Gasteiger partial charge in [-0.3, -0.25) is 4.79 Å². The highest BCUT2D eigenvalue weighted by Gasteiger charge is 2.62. The third-order valence-electron chi connectivity index (χ3n) is 11.3. The number of carbonyl (C=O) groups excluding carboxylic acids is 1. The van der Waals surface area contributed by atoms with Gasteiger partial charge in [-0.05, 0) is 104 Å². The summed E-state index contributed by atoms with van der Waals surface area (Å²) in [5, 5.41) is 13.9.